The number of anilines is 1. The third kappa shape index (κ3) is 3.42. The second-order valence-corrected chi connectivity index (χ2v) is 7.06. The topological polar surface area (TPSA) is 24.1 Å². The summed E-state index contributed by atoms with van der Waals surface area (Å²) < 4.78 is 0.308. The fraction of sp³-hybridized carbons (Fsp3) is 0.600. The Morgan fingerprint density at radius 2 is 2.22 bits per heavy atom. The van der Waals surface area contributed by atoms with Gasteiger partial charge in [0.15, 0.2) is 0 Å². The van der Waals surface area contributed by atoms with Crippen molar-refractivity contribution in [1.82, 2.24) is 5.32 Å². The largest absolute Gasteiger partial charge is 0.385 e. The molecule has 1 aromatic carbocycles. The van der Waals surface area contributed by atoms with Crippen molar-refractivity contribution >= 4 is 17.4 Å². The van der Waals surface area contributed by atoms with Crippen LogP contribution >= 0.6 is 11.8 Å². The highest BCUT2D eigenvalue weighted by Gasteiger charge is 2.16. The average molecular weight is 264 g/mol. The first-order valence-corrected chi connectivity index (χ1v) is 7.95. The maximum absolute atomic E-state index is 3.58. The minimum atomic E-state index is 0.308. The molecule has 0 aromatic heterocycles. The first-order chi connectivity index (χ1) is 8.62. The summed E-state index contributed by atoms with van der Waals surface area (Å²) in [6, 6.07) is 6.66. The van der Waals surface area contributed by atoms with Crippen LogP contribution in [0.2, 0.25) is 0 Å². The van der Waals surface area contributed by atoms with Gasteiger partial charge in [0.1, 0.15) is 0 Å². The van der Waals surface area contributed by atoms with E-state index in [-0.39, 0.29) is 0 Å². The maximum atomic E-state index is 3.58. The van der Waals surface area contributed by atoms with Gasteiger partial charge >= 0.3 is 0 Å². The molecule has 100 valence electrons. The lowest BCUT2D eigenvalue weighted by atomic mass is 9.99. The Kier molecular flexibility index (Phi) is 4.57. The van der Waals surface area contributed by atoms with E-state index in [1.165, 1.54) is 29.7 Å². The predicted molar refractivity (Wildman–Crippen MR) is 82.6 cm³/mol. The fourth-order valence-electron chi connectivity index (χ4n) is 2.30. The molecule has 0 bridgehead atoms. The number of hydrogen-bond donors (Lipinski definition) is 2. The van der Waals surface area contributed by atoms with Gasteiger partial charge in [0.25, 0.3) is 0 Å². The van der Waals surface area contributed by atoms with E-state index in [0.29, 0.717) is 4.75 Å². The molecule has 0 aliphatic carbocycles. The summed E-state index contributed by atoms with van der Waals surface area (Å²) in [6.45, 7) is 7.67. The van der Waals surface area contributed by atoms with E-state index < -0.39 is 0 Å². The van der Waals surface area contributed by atoms with Gasteiger partial charge in [0.05, 0.1) is 0 Å². The lowest BCUT2D eigenvalue weighted by molar-refractivity contribution is 0.590. The maximum Gasteiger partial charge on any atom is 0.0418 e. The Morgan fingerprint density at radius 3 is 3.00 bits per heavy atom. The molecular formula is C15H24N2S. The molecule has 18 heavy (non-hydrogen) atoms. The molecule has 1 aliphatic heterocycles. The van der Waals surface area contributed by atoms with Gasteiger partial charge in [-0.3, -0.25) is 0 Å². The van der Waals surface area contributed by atoms with Crippen LogP contribution in [0.3, 0.4) is 0 Å². The molecule has 1 aliphatic rings. The van der Waals surface area contributed by atoms with Gasteiger partial charge in [-0.15, -0.1) is 0 Å². The Labute approximate surface area is 115 Å². The summed E-state index contributed by atoms with van der Waals surface area (Å²) >= 11 is 1.91. The smallest absolute Gasteiger partial charge is 0.0418 e. The number of nitrogens with one attached hydrogen (secondary N) is 2. The van der Waals surface area contributed by atoms with E-state index in [1.807, 2.05) is 11.8 Å². The molecule has 0 atom stereocenters. The monoisotopic (exact) mass is 264 g/mol. The second-order valence-electron chi connectivity index (χ2n) is 5.55. The van der Waals surface area contributed by atoms with Crippen LogP contribution in [0.4, 0.5) is 5.69 Å². The third-order valence-corrected chi connectivity index (χ3v) is 4.83. The van der Waals surface area contributed by atoms with Gasteiger partial charge in [-0.05, 0) is 44.1 Å². The number of para-hydroxylation sites is 1. The van der Waals surface area contributed by atoms with E-state index in [4.69, 9.17) is 0 Å². The molecule has 0 amide bonds. The zero-order valence-electron chi connectivity index (χ0n) is 11.7. The Morgan fingerprint density at radius 1 is 1.39 bits per heavy atom. The minimum absolute atomic E-state index is 0.308. The molecule has 2 rings (SSSR count). The number of aryl methyl sites for hydroxylation is 1. The predicted octanol–water partition coefficient (Wildman–Crippen LogP) is 3.28. The zero-order chi connectivity index (χ0) is 13.0. The van der Waals surface area contributed by atoms with Crippen LogP contribution in [0.5, 0.6) is 0 Å². The lowest BCUT2D eigenvalue weighted by Crippen LogP contribution is -2.32. The molecule has 0 spiro atoms. The summed E-state index contributed by atoms with van der Waals surface area (Å²) in [4.78, 5) is 0. The summed E-state index contributed by atoms with van der Waals surface area (Å²) in [5, 5.41) is 7.13. The Bertz CT molecular complexity index is 401. The van der Waals surface area contributed by atoms with Crippen molar-refractivity contribution in [2.75, 3.05) is 24.7 Å². The SMILES string of the molecule is CSC(C)(C)CNCc1cccc2c1NCCC2. The van der Waals surface area contributed by atoms with E-state index in [2.05, 4.69) is 48.9 Å². The van der Waals surface area contributed by atoms with E-state index in [0.717, 1.165) is 19.6 Å². The summed E-state index contributed by atoms with van der Waals surface area (Å²) in [6.07, 6.45) is 4.64. The van der Waals surface area contributed by atoms with E-state index in [1.54, 1.807) is 0 Å². The highest BCUT2D eigenvalue weighted by atomic mass is 32.2. The number of rotatable bonds is 5. The van der Waals surface area contributed by atoms with Gasteiger partial charge in [-0.25, -0.2) is 0 Å². The van der Waals surface area contributed by atoms with Crippen LogP contribution in [0.15, 0.2) is 18.2 Å². The van der Waals surface area contributed by atoms with Crippen molar-refractivity contribution in [3.05, 3.63) is 29.3 Å². The number of benzene rings is 1. The first kappa shape index (κ1) is 13.8. The quantitative estimate of drug-likeness (QED) is 0.853. The van der Waals surface area contributed by atoms with Gasteiger partial charge in [0, 0.05) is 30.1 Å². The average Bonchev–Trinajstić information content (AvgIpc) is 2.39. The van der Waals surface area contributed by atoms with E-state index in [9.17, 15) is 0 Å². The van der Waals surface area contributed by atoms with Crippen molar-refractivity contribution in [3.8, 4) is 0 Å². The van der Waals surface area contributed by atoms with Crippen LogP contribution < -0.4 is 10.6 Å². The highest BCUT2D eigenvalue weighted by Crippen LogP contribution is 2.26. The van der Waals surface area contributed by atoms with E-state index >= 15 is 0 Å². The van der Waals surface area contributed by atoms with Gasteiger partial charge in [-0.1, -0.05) is 18.2 Å². The van der Waals surface area contributed by atoms with Crippen molar-refractivity contribution in [2.24, 2.45) is 0 Å². The highest BCUT2D eigenvalue weighted by molar-refractivity contribution is 7.99. The van der Waals surface area contributed by atoms with Crippen molar-refractivity contribution in [1.29, 1.82) is 0 Å². The number of thioether (sulfide) groups is 1. The fourth-order valence-corrected chi connectivity index (χ4v) is 2.55. The zero-order valence-corrected chi connectivity index (χ0v) is 12.5. The third-order valence-electron chi connectivity index (χ3n) is 3.58. The molecular weight excluding hydrogens is 240 g/mol. The molecule has 2 nitrogen and oxygen atoms in total. The molecule has 0 unspecified atom stereocenters. The standard InChI is InChI=1S/C15H24N2S/c1-15(2,18-3)11-16-10-13-7-4-6-12-8-5-9-17-14(12)13/h4,6-7,16-17H,5,8-11H2,1-3H3. The summed E-state index contributed by atoms with van der Waals surface area (Å²) in [5.41, 5.74) is 4.26. The molecule has 1 aromatic rings. The summed E-state index contributed by atoms with van der Waals surface area (Å²) in [5.74, 6) is 0. The first-order valence-electron chi connectivity index (χ1n) is 6.73. The Balaban J connectivity index is 1.97. The molecule has 0 saturated heterocycles. The molecule has 2 N–H and O–H groups in total. The van der Waals surface area contributed by atoms with Crippen molar-refractivity contribution in [2.45, 2.75) is 38.0 Å². The van der Waals surface area contributed by atoms with Gasteiger partial charge < -0.3 is 10.6 Å². The molecule has 0 fully saturated rings. The molecule has 1 heterocycles. The molecule has 0 radical (unpaired) electrons. The Hall–Kier alpha value is -0.670. The molecule has 3 heteroatoms. The van der Waals surface area contributed by atoms with Crippen LogP contribution in [-0.2, 0) is 13.0 Å². The van der Waals surface area contributed by atoms with Crippen LogP contribution in [0.1, 0.15) is 31.4 Å². The van der Waals surface area contributed by atoms with Crippen molar-refractivity contribution in [3.63, 3.8) is 0 Å². The van der Waals surface area contributed by atoms with Gasteiger partial charge in [0.2, 0.25) is 0 Å². The van der Waals surface area contributed by atoms with Crippen molar-refractivity contribution < 1.29 is 0 Å². The van der Waals surface area contributed by atoms with Crippen LogP contribution in [-0.4, -0.2) is 24.1 Å². The number of hydrogen-bond acceptors (Lipinski definition) is 3. The van der Waals surface area contributed by atoms with Crippen LogP contribution in [0, 0.1) is 0 Å². The lowest BCUT2D eigenvalue weighted by Gasteiger charge is -2.24. The molecule has 0 saturated carbocycles. The van der Waals surface area contributed by atoms with Crippen LogP contribution in [0.25, 0.3) is 0 Å². The minimum Gasteiger partial charge on any atom is -0.385 e. The van der Waals surface area contributed by atoms with Gasteiger partial charge in [-0.2, -0.15) is 11.8 Å². The summed E-state index contributed by atoms with van der Waals surface area (Å²) in [7, 11) is 0. The normalized spacial score (nSPS) is 15.1. The number of fused-ring (bicyclic) bond motifs is 1. The second kappa shape index (κ2) is 5.98.